The Kier molecular flexibility index (Phi) is 28.1. The van der Waals surface area contributed by atoms with Crippen LogP contribution in [-0.2, 0) is 38.0 Å². The summed E-state index contributed by atoms with van der Waals surface area (Å²) in [6.45, 7) is 2.45. The Hall–Kier alpha value is -1.76. The lowest BCUT2D eigenvalue weighted by atomic mass is 9.98. The van der Waals surface area contributed by atoms with Crippen LogP contribution in [0.4, 0.5) is 0 Å². The molecule has 0 bridgehead atoms. The summed E-state index contributed by atoms with van der Waals surface area (Å²) in [6, 6.07) is 0. The number of carbonyl (C=O) groups excluding carboxylic acids is 2. The summed E-state index contributed by atoms with van der Waals surface area (Å²) in [7, 11) is 0. The highest BCUT2D eigenvalue weighted by molar-refractivity contribution is 5.70. The van der Waals surface area contributed by atoms with Gasteiger partial charge < -0.3 is 64.2 Å². The fraction of sp³-hybridized carbons (Fsp3) is 0.905. The first-order chi connectivity index (χ1) is 27.5. The maximum absolute atomic E-state index is 12.9. The topological polar surface area (TPSA) is 231 Å². The monoisotopic (exact) mass is 821 g/mol. The zero-order valence-corrected chi connectivity index (χ0v) is 34.6. The molecule has 0 saturated carbocycles. The predicted molar refractivity (Wildman–Crippen MR) is 211 cm³/mol. The smallest absolute Gasteiger partial charge is 0.306 e. The average Bonchev–Trinajstić information content (AvgIpc) is 3.20. The lowest BCUT2D eigenvalue weighted by Crippen LogP contribution is -2.61. The number of hydrogen-bond acceptors (Lipinski definition) is 15. The largest absolute Gasteiger partial charge is 0.462 e. The second kappa shape index (κ2) is 31.2. The van der Waals surface area contributed by atoms with Crippen molar-refractivity contribution in [2.24, 2.45) is 0 Å². The molecular formula is C42H76O15. The Morgan fingerprint density at radius 2 is 1.00 bits per heavy atom. The summed E-state index contributed by atoms with van der Waals surface area (Å²) < 4.78 is 33.2. The van der Waals surface area contributed by atoms with Crippen molar-refractivity contribution < 1.29 is 73.8 Å². The highest BCUT2D eigenvalue weighted by Crippen LogP contribution is 2.26. The van der Waals surface area contributed by atoms with Gasteiger partial charge in [0.05, 0.1) is 19.8 Å². The molecule has 2 aliphatic rings. The molecule has 0 spiro atoms. The second-order valence-electron chi connectivity index (χ2n) is 15.5. The quantitative estimate of drug-likeness (QED) is 0.0290. The summed E-state index contributed by atoms with van der Waals surface area (Å²) in [5.74, 6) is -0.947. The molecule has 7 N–H and O–H groups in total. The number of carbonyl (C=O) groups is 2. The summed E-state index contributed by atoms with van der Waals surface area (Å²) in [4.78, 5) is 25.3. The van der Waals surface area contributed by atoms with Gasteiger partial charge in [0, 0.05) is 12.8 Å². The van der Waals surface area contributed by atoms with Crippen LogP contribution in [0.15, 0.2) is 12.2 Å². The van der Waals surface area contributed by atoms with E-state index in [4.69, 9.17) is 28.4 Å². The summed E-state index contributed by atoms with van der Waals surface area (Å²) in [5, 5.41) is 71.6. The fourth-order valence-electron chi connectivity index (χ4n) is 6.80. The molecule has 2 heterocycles. The van der Waals surface area contributed by atoms with E-state index in [1.54, 1.807) is 0 Å². The van der Waals surface area contributed by atoms with Gasteiger partial charge in [-0.2, -0.15) is 0 Å². The molecule has 2 aliphatic heterocycles. The second-order valence-corrected chi connectivity index (χ2v) is 15.5. The van der Waals surface area contributed by atoms with Gasteiger partial charge in [-0.15, -0.1) is 0 Å². The third-order valence-corrected chi connectivity index (χ3v) is 10.5. The van der Waals surface area contributed by atoms with E-state index in [0.29, 0.717) is 12.8 Å². The minimum Gasteiger partial charge on any atom is -0.462 e. The van der Waals surface area contributed by atoms with Crippen LogP contribution in [-0.4, -0.2) is 142 Å². The summed E-state index contributed by atoms with van der Waals surface area (Å²) in [5.41, 5.74) is 0. The molecule has 15 heteroatoms. The van der Waals surface area contributed by atoms with E-state index in [0.717, 1.165) is 64.2 Å². The standard InChI is InChI=1S/C42H76O15/c1-3-5-7-9-10-11-12-13-14-15-16-17-18-19-21-23-25-34(45)55-30(27-52-33(44)24-22-20-8-6-4-2)28-53-41-40(51)38(49)36(47)32(57-41)29-54-42-39(50)37(48)35(46)31(26-43)56-42/h14-15,30-32,35-43,46-51H,3-13,16-29H2,1-2H3/b15-14-. The molecule has 334 valence electrons. The van der Waals surface area contributed by atoms with Crippen LogP contribution >= 0.6 is 0 Å². The minimum absolute atomic E-state index is 0.158. The van der Waals surface area contributed by atoms with Crippen molar-refractivity contribution in [2.75, 3.05) is 26.4 Å². The van der Waals surface area contributed by atoms with Crippen molar-refractivity contribution in [3.63, 3.8) is 0 Å². The van der Waals surface area contributed by atoms with Gasteiger partial charge in [0.1, 0.15) is 55.4 Å². The molecule has 0 aromatic carbocycles. The van der Waals surface area contributed by atoms with Gasteiger partial charge in [0.25, 0.3) is 0 Å². The van der Waals surface area contributed by atoms with Crippen molar-refractivity contribution in [1.82, 2.24) is 0 Å². The SMILES string of the molecule is CCCCCCCCC/C=C\CCCCCCCC(=O)OC(COC(=O)CCCCCCC)COC1OC(COC2OC(CO)C(O)C(O)C2O)C(O)C(O)C1O. The number of allylic oxidation sites excluding steroid dienone is 2. The first-order valence-electron chi connectivity index (χ1n) is 21.8. The van der Waals surface area contributed by atoms with Crippen LogP contribution < -0.4 is 0 Å². The van der Waals surface area contributed by atoms with Crippen LogP contribution in [0.25, 0.3) is 0 Å². The molecule has 0 aromatic heterocycles. The first kappa shape index (κ1) is 51.4. The number of ether oxygens (including phenoxy) is 6. The van der Waals surface area contributed by atoms with E-state index in [9.17, 15) is 45.3 Å². The Labute approximate surface area is 340 Å². The third kappa shape index (κ3) is 20.9. The highest BCUT2D eigenvalue weighted by atomic mass is 16.7. The third-order valence-electron chi connectivity index (χ3n) is 10.5. The predicted octanol–water partition coefficient (Wildman–Crippen LogP) is 3.87. The molecule has 15 nitrogen and oxygen atoms in total. The maximum atomic E-state index is 12.9. The summed E-state index contributed by atoms with van der Waals surface area (Å²) >= 11 is 0. The Morgan fingerprint density at radius 3 is 1.54 bits per heavy atom. The zero-order valence-electron chi connectivity index (χ0n) is 34.6. The van der Waals surface area contributed by atoms with E-state index in [1.807, 2.05) is 0 Å². The van der Waals surface area contributed by atoms with Crippen molar-refractivity contribution >= 4 is 11.9 Å². The molecule has 0 aliphatic carbocycles. The first-order valence-corrected chi connectivity index (χ1v) is 21.8. The molecule has 0 radical (unpaired) electrons. The van der Waals surface area contributed by atoms with Gasteiger partial charge in [-0.05, 0) is 38.5 Å². The lowest BCUT2D eigenvalue weighted by molar-refractivity contribution is -0.332. The highest BCUT2D eigenvalue weighted by Gasteiger charge is 2.47. The van der Waals surface area contributed by atoms with Crippen LogP contribution in [0.2, 0.25) is 0 Å². The fourth-order valence-corrected chi connectivity index (χ4v) is 6.80. The molecule has 11 unspecified atom stereocenters. The van der Waals surface area contributed by atoms with E-state index in [2.05, 4.69) is 26.0 Å². The van der Waals surface area contributed by atoms with Gasteiger partial charge in [-0.1, -0.05) is 109 Å². The van der Waals surface area contributed by atoms with Gasteiger partial charge in [0.15, 0.2) is 18.7 Å². The molecule has 2 fully saturated rings. The normalized spacial score (nSPS) is 28.4. The van der Waals surface area contributed by atoms with Gasteiger partial charge in [0.2, 0.25) is 0 Å². The molecule has 11 atom stereocenters. The molecule has 2 rings (SSSR count). The van der Waals surface area contributed by atoms with Crippen LogP contribution in [0.3, 0.4) is 0 Å². The number of rotatable bonds is 32. The number of aliphatic hydroxyl groups is 7. The minimum atomic E-state index is -1.76. The van der Waals surface area contributed by atoms with Crippen molar-refractivity contribution in [3.8, 4) is 0 Å². The van der Waals surface area contributed by atoms with Crippen LogP contribution in [0.1, 0.15) is 149 Å². The van der Waals surface area contributed by atoms with Crippen molar-refractivity contribution in [1.29, 1.82) is 0 Å². The maximum Gasteiger partial charge on any atom is 0.306 e. The number of esters is 2. The average molecular weight is 821 g/mol. The Balaban J connectivity index is 1.82. The number of unbranched alkanes of at least 4 members (excludes halogenated alkanes) is 16. The van der Waals surface area contributed by atoms with E-state index in [-0.39, 0.29) is 26.1 Å². The molecular weight excluding hydrogens is 744 g/mol. The van der Waals surface area contributed by atoms with E-state index >= 15 is 0 Å². The van der Waals surface area contributed by atoms with Gasteiger partial charge in [-0.25, -0.2) is 0 Å². The van der Waals surface area contributed by atoms with Crippen LogP contribution in [0.5, 0.6) is 0 Å². The lowest BCUT2D eigenvalue weighted by Gasteiger charge is -2.42. The Bertz CT molecular complexity index is 1060. The number of hydrogen-bond donors (Lipinski definition) is 7. The van der Waals surface area contributed by atoms with Crippen LogP contribution in [0, 0.1) is 0 Å². The zero-order chi connectivity index (χ0) is 41.8. The van der Waals surface area contributed by atoms with Crippen molar-refractivity contribution in [3.05, 3.63) is 12.2 Å². The van der Waals surface area contributed by atoms with Gasteiger partial charge >= 0.3 is 11.9 Å². The number of aliphatic hydroxyl groups excluding tert-OH is 7. The summed E-state index contributed by atoms with van der Waals surface area (Å²) in [6.07, 6.45) is 8.87. The molecule has 0 amide bonds. The Morgan fingerprint density at radius 1 is 0.544 bits per heavy atom. The molecule has 2 saturated heterocycles. The molecule has 57 heavy (non-hydrogen) atoms. The van der Waals surface area contributed by atoms with Crippen molar-refractivity contribution in [2.45, 2.75) is 216 Å². The molecule has 0 aromatic rings. The van der Waals surface area contributed by atoms with E-state index < -0.39 is 92.7 Å². The van der Waals surface area contributed by atoms with E-state index in [1.165, 1.54) is 44.9 Å². The van der Waals surface area contributed by atoms with Gasteiger partial charge in [-0.3, -0.25) is 9.59 Å².